The number of aliphatic hydroxyl groups is 1. The van der Waals surface area contributed by atoms with Crippen LogP contribution in [-0.2, 0) is 0 Å². The largest absolute Gasteiger partial charge is 0.394 e. The third kappa shape index (κ3) is 1.78. The average Bonchev–Trinajstić information content (AvgIpc) is 2.20. The summed E-state index contributed by atoms with van der Waals surface area (Å²) in [6, 6.07) is 6.51. The fraction of sp³-hybridized carbons (Fsp3) is 0.400. The molecule has 0 saturated heterocycles. The van der Waals surface area contributed by atoms with Crippen molar-refractivity contribution in [3.63, 3.8) is 0 Å². The third-order valence-corrected chi connectivity index (χ3v) is 4.19. The lowest BCUT2D eigenvalue weighted by Gasteiger charge is -2.34. The van der Waals surface area contributed by atoms with Crippen LogP contribution in [0.25, 0.3) is 0 Å². The number of thioether (sulfide) groups is 1. The Kier molecular flexibility index (Phi) is 3.04. The molecule has 1 atom stereocenters. The van der Waals surface area contributed by atoms with Crippen molar-refractivity contribution in [1.29, 1.82) is 0 Å². The molecule has 0 aliphatic carbocycles. The van der Waals surface area contributed by atoms with Gasteiger partial charge in [-0.2, -0.15) is 0 Å². The smallest absolute Gasteiger partial charge is 0.0643 e. The van der Waals surface area contributed by atoms with Gasteiger partial charge in [0.25, 0.3) is 0 Å². The van der Waals surface area contributed by atoms with Crippen LogP contribution in [-0.4, -0.2) is 30.6 Å². The molecule has 1 aromatic carbocycles. The van der Waals surface area contributed by atoms with Gasteiger partial charge in [-0.05, 0) is 18.2 Å². The molecule has 1 unspecified atom stereocenters. The van der Waals surface area contributed by atoms with Gasteiger partial charge in [0.1, 0.15) is 0 Å². The lowest BCUT2D eigenvalue weighted by molar-refractivity contribution is 0.271. The molecule has 2 rings (SSSR count). The summed E-state index contributed by atoms with van der Waals surface area (Å²) in [5, 5.41) is 9.19. The van der Waals surface area contributed by atoms with E-state index in [4.69, 9.17) is 0 Å². The van der Waals surface area contributed by atoms with Crippen LogP contribution in [0.2, 0.25) is 0 Å². The van der Waals surface area contributed by atoms with Crippen molar-refractivity contribution in [3.05, 3.63) is 22.7 Å². The van der Waals surface area contributed by atoms with Crippen LogP contribution in [0.1, 0.15) is 0 Å². The van der Waals surface area contributed by atoms with Gasteiger partial charge in [-0.15, -0.1) is 11.8 Å². The first-order chi connectivity index (χ1) is 6.72. The van der Waals surface area contributed by atoms with Crippen LogP contribution in [0, 0.1) is 0 Å². The van der Waals surface area contributed by atoms with Crippen molar-refractivity contribution in [1.82, 2.24) is 0 Å². The molecular formula is C10H12BrNOS. The number of fused-ring (bicyclic) bond motifs is 1. The molecule has 0 amide bonds. The highest BCUT2D eigenvalue weighted by Gasteiger charge is 2.22. The van der Waals surface area contributed by atoms with Gasteiger partial charge in [0.2, 0.25) is 0 Å². The summed E-state index contributed by atoms with van der Waals surface area (Å²) in [4.78, 5) is 3.44. The zero-order valence-electron chi connectivity index (χ0n) is 7.90. The Bertz CT molecular complexity index is 345. The molecule has 1 aliphatic heterocycles. The molecule has 1 aromatic rings. The Labute approximate surface area is 96.4 Å². The second-order valence-corrected chi connectivity index (χ2v) is 5.35. The summed E-state index contributed by atoms with van der Waals surface area (Å²) in [5.74, 6) is 0.960. The zero-order valence-corrected chi connectivity index (χ0v) is 10.3. The quantitative estimate of drug-likeness (QED) is 0.850. The van der Waals surface area contributed by atoms with Gasteiger partial charge < -0.3 is 10.0 Å². The lowest BCUT2D eigenvalue weighted by atomic mass is 10.2. The fourth-order valence-corrected chi connectivity index (χ4v) is 3.12. The Morgan fingerprint density at radius 1 is 1.64 bits per heavy atom. The predicted molar refractivity (Wildman–Crippen MR) is 64.1 cm³/mol. The SMILES string of the molecule is CN1c2cc(Br)ccc2SCC1CO. The summed E-state index contributed by atoms with van der Waals surface area (Å²) in [5.41, 5.74) is 1.20. The molecule has 2 nitrogen and oxygen atoms in total. The van der Waals surface area contributed by atoms with Crippen LogP contribution < -0.4 is 4.90 Å². The number of halogens is 1. The van der Waals surface area contributed by atoms with Gasteiger partial charge in [-0.25, -0.2) is 0 Å². The van der Waals surface area contributed by atoms with E-state index in [1.165, 1.54) is 10.6 Å². The zero-order chi connectivity index (χ0) is 10.1. The maximum Gasteiger partial charge on any atom is 0.0643 e. The molecular weight excluding hydrogens is 262 g/mol. The third-order valence-electron chi connectivity index (χ3n) is 2.49. The Hall–Kier alpha value is -0.190. The number of likely N-dealkylation sites (N-methyl/N-ethyl adjacent to an activating group) is 1. The van der Waals surface area contributed by atoms with Crippen LogP contribution >= 0.6 is 27.7 Å². The first-order valence-corrected chi connectivity index (χ1v) is 6.26. The number of hydrogen-bond acceptors (Lipinski definition) is 3. The van der Waals surface area contributed by atoms with E-state index in [1.807, 2.05) is 18.8 Å². The minimum absolute atomic E-state index is 0.218. The highest BCUT2D eigenvalue weighted by molar-refractivity contribution is 9.10. The van der Waals surface area contributed by atoms with Crippen LogP contribution in [0.3, 0.4) is 0 Å². The summed E-state index contributed by atoms with van der Waals surface area (Å²) in [7, 11) is 2.03. The lowest BCUT2D eigenvalue weighted by Crippen LogP contribution is -2.39. The first kappa shape index (κ1) is 10.3. The number of rotatable bonds is 1. The molecule has 1 aliphatic rings. The number of hydrogen-bond donors (Lipinski definition) is 1. The number of aliphatic hydroxyl groups excluding tert-OH is 1. The number of nitrogens with zero attached hydrogens (tertiary/aromatic N) is 1. The summed E-state index contributed by atoms with van der Waals surface area (Å²) < 4.78 is 1.09. The maximum atomic E-state index is 9.19. The molecule has 1 N–H and O–H groups in total. The van der Waals surface area contributed by atoms with E-state index >= 15 is 0 Å². The number of anilines is 1. The first-order valence-electron chi connectivity index (χ1n) is 4.48. The van der Waals surface area contributed by atoms with Crippen molar-refractivity contribution >= 4 is 33.4 Å². The van der Waals surface area contributed by atoms with Crippen LogP contribution in [0.15, 0.2) is 27.6 Å². The van der Waals surface area contributed by atoms with E-state index in [0.717, 1.165) is 10.2 Å². The van der Waals surface area contributed by atoms with E-state index < -0.39 is 0 Å². The number of benzene rings is 1. The normalized spacial score (nSPS) is 20.8. The minimum atomic E-state index is 0.218. The molecule has 0 saturated carbocycles. The van der Waals surface area contributed by atoms with Crippen molar-refractivity contribution in [2.24, 2.45) is 0 Å². The molecule has 0 radical (unpaired) electrons. The molecule has 0 spiro atoms. The van der Waals surface area contributed by atoms with Crippen molar-refractivity contribution in [3.8, 4) is 0 Å². The van der Waals surface area contributed by atoms with Crippen LogP contribution in [0.4, 0.5) is 5.69 Å². The van der Waals surface area contributed by atoms with E-state index in [2.05, 4.69) is 39.0 Å². The van der Waals surface area contributed by atoms with Crippen LogP contribution in [0.5, 0.6) is 0 Å². The Morgan fingerprint density at radius 2 is 2.43 bits per heavy atom. The summed E-state index contributed by atoms with van der Waals surface area (Å²) >= 11 is 5.27. The summed E-state index contributed by atoms with van der Waals surface area (Å²) in [6.45, 7) is 0.218. The predicted octanol–water partition coefficient (Wildman–Crippen LogP) is 2.35. The maximum absolute atomic E-state index is 9.19. The highest BCUT2D eigenvalue weighted by atomic mass is 79.9. The van der Waals surface area contributed by atoms with Gasteiger partial charge in [0.05, 0.1) is 18.3 Å². The van der Waals surface area contributed by atoms with Crippen molar-refractivity contribution < 1.29 is 5.11 Å². The molecule has 0 aromatic heterocycles. The molecule has 4 heteroatoms. The average molecular weight is 274 g/mol. The van der Waals surface area contributed by atoms with Gasteiger partial charge in [0.15, 0.2) is 0 Å². The molecule has 14 heavy (non-hydrogen) atoms. The van der Waals surface area contributed by atoms with Gasteiger partial charge in [-0.1, -0.05) is 15.9 Å². The van der Waals surface area contributed by atoms with Crippen molar-refractivity contribution in [2.45, 2.75) is 10.9 Å². The Morgan fingerprint density at radius 3 is 3.14 bits per heavy atom. The topological polar surface area (TPSA) is 23.5 Å². The Balaban J connectivity index is 2.38. The van der Waals surface area contributed by atoms with E-state index in [-0.39, 0.29) is 12.6 Å². The van der Waals surface area contributed by atoms with Gasteiger partial charge in [-0.3, -0.25) is 0 Å². The fourth-order valence-electron chi connectivity index (χ4n) is 1.56. The standard InChI is InChI=1S/C10H12BrNOS/c1-12-8(5-13)6-14-10-3-2-7(11)4-9(10)12/h2-4,8,13H,5-6H2,1H3. The molecule has 0 fully saturated rings. The van der Waals surface area contributed by atoms with Gasteiger partial charge >= 0.3 is 0 Å². The monoisotopic (exact) mass is 273 g/mol. The van der Waals surface area contributed by atoms with E-state index in [9.17, 15) is 5.11 Å². The molecule has 1 heterocycles. The van der Waals surface area contributed by atoms with Gasteiger partial charge in [0, 0.05) is 22.2 Å². The minimum Gasteiger partial charge on any atom is -0.394 e. The van der Waals surface area contributed by atoms with Crippen molar-refractivity contribution in [2.75, 3.05) is 24.3 Å². The second kappa shape index (κ2) is 4.13. The van der Waals surface area contributed by atoms with E-state index in [0.29, 0.717) is 0 Å². The summed E-state index contributed by atoms with van der Waals surface area (Å²) in [6.07, 6.45) is 0. The second-order valence-electron chi connectivity index (χ2n) is 3.37. The van der Waals surface area contributed by atoms with E-state index in [1.54, 1.807) is 0 Å². The highest BCUT2D eigenvalue weighted by Crippen LogP contribution is 2.37. The molecule has 0 bridgehead atoms. The molecule has 76 valence electrons.